The zero-order valence-electron chi connectivity index (χ0n) is 17.8. The Labute approximate surface area is 190 Å². The van der Waals surface area contributed by atoms with Gasteiger partial charge in [0.05, 0.1) is 29.2 Å². The smallest absolute Gasteiger partial charge is 0.338 e. The van der Waals surface area contributed by atoms with Gasteiger partial charge in [0.1, 0.15) is 5.75 Å². The van der Waals surface area contributed by atoms with E-state index >= 15 is 0 Å². The third-order valence-electron chi connectivity index (χ3n) is 5.05. The molecular weight excluding hydrogens is 428 g/mol. The van der Waals surface area contributed by atoms with Crippen molar-refractivity contribution in [1.29, 1.82) is 0 Å². The van der Waals surface area contributed by atoms with Crippen LogP contribution in [-0.2, 0) is 4.74 Å². The van der Waals surface area contributed by atoms with Gasteiger partial charge in [0.25, 0.3) is 0 Å². The van der Waals surface area contributed by atoms with Crippen LogP contribution in [0.25, 0.3) is 0 Å². The predicted octanol–water partition coefficient (Wildman–Crippen LogP) is 4.46. The maximum atomic E-state index is 11.9. The van der Waals surface area contributed by atoms with Crippen molar-refractivity contribution in [1.82, 2.24) is 0 Å². The largest absolute Gasteiger partial charge is 0.508 e. The van der Waals surface area contributed by atoms with Crippen molar-refractivity contribution in [3.05, 3.63) is 93.5 Å². The first-order valence-corrected chi connectivity index (χ1v) is 10.3. The second-order valence-electron chi connectivity index (χ2n) is 7.35. The lowest BCUT2D eigenvalue weighted by atomic mass is 9.95. The van der Waals surface area contributed by atoms with Crippen molar-refractivity contribution in [3.63, 3.8) is 0 Å². The number of rotatable bonds is 9. The van der Waals surface area contributed by atoms with E-state index in [2.05, 4.69) is 5.32 Å². The molecule has 0 bridgehead atoms. The van der Waals surface area contributed by atoms with Crippen molar-refractivity contribution < 1.29 is 29.8 Å². The van der Waals surface area contributed by atoms with Gasteiger partial charge < -0.3 is 25.4 Å². The molecule has 0 aliphatic heterocycles. The highest BCUT2D eigenvalue weighted by Crippen LogP contribution is 2.34. The number of nitro benzene ring substituents is 1. The summed E-state index contributed by atoms with van der Waals surface area (Å²) >= 11 is 0. The van der Waals surface area contributed by atoms with E-state index in [1.807, 2.05) is 0 Å². The molecule has 9 heteroatoms. The molecule has 0 aliphatic rings. The van der Waals surface area contributed by atoms with Crippen LogP contribution in [0.1, 0.15) is 47.0 Å². The van der Waals surface area contributed by atoms with Gasteiger partial charge in [-0.2, -0.15) is 0 Å². The monoisotopic (exact) mass is 452 g/mol. The maximum Gasteiger partial charge on any atom is 0.338 e. The molecule has 0 saturated heterocycles. The number of nitro groups is 1. The van der Waals surface area contributed by atoms with Gasteiger partial charge >= 0.3 is 11.7 Å². The van der Waals surface area contributed by atoms with Crippen molar-refractivity contribution in [2.45, 2.75) is 25.5 Å². The molecular formula is C24H24N2O7. The predicted molar refractivity (Wildman–Crippen MR) is 121 cm³/mol. The molecule has 33 heavy (non-hydrogen) atoms. The first-order valence-electron chi connectivity index (χ1n) is 10.3. The lowest BCUT2D eigenvalue weighted by molar-refractivity contribution is -0.386. The molecule has 0 radical (unpaired) electrons. The summed E-state index contributed by atoms with van der Waals surface area (Å²) in [5, 5.41) is 44.8. The van der Waals surface area contributed by atoms with E-state index in [4.69, 9.17) is 4.74 Å². The molecule has 0 amide bonds. The molecule has 0 fully saturated rings. The van der Waals surface area contributed by atoms with Crippen LogP contribution >= 0.6 is 0 Å². The van der Waals surface area contributed by atoms with Crippen LogP contribution in [0.2, 0.25) is 0 Å². The third-order valence-corrected chi connectivity index (χ3v) is 5.05. The highest BCUT2D eigenvalue weighted by Gasteiger charge is 2.22. The molecule has 3 rings (SSSR count). The zero-order chi connectivity index (χ0) is 24.0. The van der Waals surface area contributed by atoms with Gasteiger partial charge in [-0.15, -0.1) is 0 Å². The highest BCUT2D eigenvalue weighted by atomic mass is 16.6. The molecule has 0 aromatic heterocycles. The second-order valence-corrected chi connectivity index (χ2v) is 7.35. The normalized spacial score (nSPS) is 12.5. The van der Waals surface area contributed by atoms with Gasteiger partial charge in [-0.25, -0.2) is 4.79 Å². The summed E-state index contributed by atoms with van der Waals surface area (Å²) in [5.41, 5.74) is 1.50. The van der Waals surface area contributed by atoms with Crippen molar-refractivity contribution in [2.24, 2.45) is 0 Å². The summed E-state index contributed by atoms with van der Waals surface area (Å²) in [5.74, 6) is -0.870. The van der Waals surface area contributed by atoms with E-state index < -0.39 is 34.5 Å². The molecule has 172 valence electrons. The minimum Gasteiger partial charge on any atom is -0.508 e. The molecule has 2 atom stereocenters. The Morgan fingerprint density at radius 3 is 2.42 bits per heavy atom. The van der Waals surface area contributed by atoms with Crippen molar-refractivity contribution in [3.8, 4) is 11.5 Å². The Hall–Kier alpha value is -4.11. The van der Waals surface area contributed by atoms with Crippen LogP contribution in [0.5, 0.6) is 11.5 Å². The lowest BCUT2D eigenvalue weighted by Crippen LogP contribution is -2.15. The highest BCUT2D eigenvalue weighted by molar-refractivity contribution is 5.89. The fraction of sp³-hybridized carbons (Fsp3) is 0.208. The number of anilines is 1. The standard InChI is InChI=1S/C24H24N2O7/c1-2-33-24(30)15-6-9-18(10-7-15)25-20(16-4-3-5-19(27)12-16)14-23(29)17-8-11-22(28)21(13-17)26(31)32/h3-13,20,23,25,27-29H,2,14H2,1H3. The molecule has 0 aliphatic carbocycles. The first kappa shape index (κ1) is 23.6. The van der Waals surface area contributed by atoms with Crippen LogP contribution in [0.4, 0.5) is 11.4 Å². The fourth-order valence-electron chi connectivity index (χ4n) is 3.39. The number of esters is 1. The third kappa shape index (κ3) is 5.98. The van der Waals surface area contributed by atoms with Gasteiger partial charge in [-0.3, -0.25) is 10.1 Å². The Balaban J connectivity index is 1.86. The van der Waals surface area contributed by atoms with E-state index in [9.17, 15) is 30.2 Å². The van der Waals surface area contributed by atoms with Crippen LogP contribution in [0, 0.1) is 10.1 Å². The van der Waals surface area contributed by atoms with Crippen molar-refractivity contribution in [2.75, 3.05) is 11.9 Å². The van der Waals surface area contributed by atoms with Gasteiger partial charge in [0, 0.05) is 18.2 Å². The van der Waals surface area contributed by atoms with E-state index in [0.29, 0.717) is 16.8 Å². The van der Waals surface area contributed by atoms with Crippen LogP contribution in [0.3, 0.4) is 0 Å². The van der Waals surface area contributed by atoms with Crippen LogP contribution < -0.4 is 5.32 Å². The maximum absolute atomic E-state index is 11.9. The molecule has 0 saturated carbocycles. The number of hydrogen-bond donors (Lipinski definition) is 4. The molecule has 4 N–H and O–H groups in total. The van der Waals surface area contributed by atoms with E-state index in [1.165, 1.54) is 18.2 Å². The molecule has 3 aromatic carbocycles. The number of phenolic OH excluding ortho intramolecular Hbond substituents is 2. The number of carbonyl (C=O) groups is 1. The Bertz CT molecular complexity index is 1130. The van der Waals surface area contributed by atoms with E-state index in [1.54, 1.807) is 49.4 Å². The SMILES string of the molecule is CCOC(=O)c1ccc(NC(CC(O)c2ccc(O)c([N+](=O)[O-])c2)c2cccc(O)c2)cc1. The van der Waals surface area contributed by atoms with Crippen molar-refractivity contribution >= 4 is 17.3 Å². The number of hydrogen-bond acceptors (Lipinski definition) is 8. The number of aromatic hydroxyl groups is 2. The summed E-state index contributed by atoms with van der Waals surface area (Å²) in [6.45, 7) is 1.99. The number of ether oxygens (including phenoxy) is 1. The van der Waals surface area contributed by atoms with Crippen LogP contribution in [-0.4, -0.2) is 32.8 Å². The molecule has 3 aromatic rings. The number of nitrogens with zero attached hydrogens (tertiary/aromatic N) is 1. The Morgan fingerprint density at radius 2 is 1.79 bits per heavy atom. The quantitative estimate of drug-likeness (QED) is 0.212. The summed E-state index contributed by atoms with van der Waals surface area (Å²) in [7, 11) is 0. The Kier molecular flexibility index (Phi) is 7.47. The van der Waals surface area contributed by atoms with Crippen LogP contribution in [0.15, 0.2) is 66.7 Å². The first-order chi connectivity index (χ1) is 15.8. The second kappa shape index (κ2) is 10.5. The lowest BCUT2D eigenvalue weighted by Gasteiger charge is -2.24. The molecule has 9 nitrogen and oxygen atoms in total. The van der Waals surface area contributed by atoms with E-state index in [0.717, 1.165) is 6.07 Å². The summed E-state index contributed by atoms with van der Waals surface area (Å²) in [6.07, 6.45) is -1.01. The molecule has 0 spiro atoms. The molecule has 0 heterocycles. The number of aliphatic hydroxyl groups excluding tert-OH is 1. The van der Waals surface area contributed by atoms with Gasteiger partial charge in [0.15, 0.2) is 5.75 Å². The number of benzene rings is 3. The minimum atomic E-state index is -1.11. The number of phenols is 2. The molecule has 2 unspecified atom stereocenters. The topological polar surface area (TPSA) is 142 Å². The van der Waals surface area contributed by atoms with Gasteiger partial charge in [-0.1, -0.05) is 18.2 Å². The average Bonchev–Trinajstić information content (AvgIpc) is 2.79. The minimum absolute atomic E-state index is 0.0479. The number of carbonyl (C=O) groups excluding carboxylic acids is 1. The summed E-state index contributed by atoms with van der Waals surface area (Å²) < 4.78 is 4.98. The summed E-state index contributed by atoms with van der Waals surface area (Å²) in [6, 6.07) is 16.4. The van der Waals surface area contributed by atoms with Gasteiger partial charge in [-0.05, 0) is 60.5 Å². The number of nitrogens with one attached hydrogen (secondary N) is 1. The zero-order valence-corrected chi connectivity index (χ0v) is 17.8. The van der Waals surface area contributed by atoms with Gasteiger partial charge in [0.2, 0.25) is 0 Å². The Morgan fingerprint density at radius 1 is 1.06 bits per heavy atom. The number of aliphatic hydroxyl groups is 1. The van der Waals surface area contributed by atoms with E-state index in [-0.39, 0.29) is 24.3 Å². The average molecular weight is 452 g/mol. The summed E-state index contributed by atoms with van der Waals surface area (Å²) in [4.78, 5) is 22.3. The fourth-order valence-corrected chi connectivity index (χ4v) is 3.39.